The number of para-hydroxylation sites is 1. The minimum absolute atomic E-state index is 0.211. The van der Waals surface area contributed by atoms with Gasteiger partial charge in [-0.2, -0.15) is 0 Å². The molecule has 3 aromatic carbocycles. The van der Waals surface area contributed by atoms with Crippen molar-refractivity contribution in [2.24, 2.45) is 0 Å². The smallest absolute Gasteiger partial charge is 0.256 e. The van der Waals surface area contributed by atoms with Crippen LogP contribution in [0.25, 0.3) is 10.9 Å². The molecule has 0 spiro atoms. The normalized spacial score (nSPS) is 14.9. The zero-order valence-electron chi connectivity index (χ0n) is 19.3. The Balaban J connectivity index is 1.47. The van der Waals surface area contributed by atoms with Gasteiger partial charge in [0, 0.05) is 52.8 Å². The molecule has 6 heteroatoms. The molecule has 4 aromatic rings. The average molecular weight is 462 g/mol. The molecule has 0 bridgehead atoms. The molecule has 6 nitrogen and oxygen atoms in total. The Morgan fingerprint density at radius 1 is 0.914 bits per heavy atom. The summed E-state index contributed by atoms with van der Waals surface area (Å²) < 4.78 is 0. The first-order chi connectivity index (χ1) is 17.1. The highest BCUT2D eigenvalue weighted by molar-refractivity contribution is 6.31. The lowest BCUT2D eigenvalue weighted by molar-refractivity contribution is 0.0978. The lowest BCUT2D eigenvalue weighted by atomic mass is 9.83. The summed E-state index contributed by atoms with van der Waals surface area (Å²) in [4.78, 5) is 47.5. The zero-order valence-corrected chi connectivity index (χ0v) is 19.3. The number of benzene rings is 3. The van der Waals surface area contributed by atoms with Crippen molar-refractivity contribution >= 4 is 34.1 Å². The van der Waals surface area contributed by atoms with Crippen LogP contribution in [-0.4, -0.2) is 40.4 Å². The van der Waals surface area contributed by atoms with E-state index >= 15 is 0 Å². The molecule has 35 heavy (non-hydrogen) atoms. The number of hydrogen-bond donors (Lipinski definition) is 1. The van der Waals surface area contributed by atoms with Crippen molar-refractivity contribution in [3.63, 3.8) is 0 Å². The maximum atomic E-state index is 13.9. The second kappa shape index (κ2) is 8.25. The minimum atomic E-state index is -0.301. The summed E-state index contributed by atoms with van der Waals surface area (Å²) >= 11 is 0. The molecule has 2 aliphatic rings. The van der Waals surface area contributed by atoms with E-state index in [-0.39, 0.29) is 23.0 Å². The molecule has 0 saturated carbocycles. The Bertz CT molecular complexity index is 1560. The summed E-state index contributed by atoms with van der Waals surface area (Å²) in [7, 11) is 0. The van der Waals surface area contributed by atoms with Crippen molar-refractivity contribution in [1.82, 2.24) is 9.88 Å². The SMILES string of the molecule is CCN1CCc2nc3ccccc3c(C(=O)Nc3cccc4c3C(=O)c3ccccc3C4=O)c2C1. The Morgan fingerprint density at radius 3 is 2.43 bits per heavy atom. The number of fused-ring (bicyclic) bond motifs is 4. The van der Waals surface area contributed by atoms with Crippen LogP contribution >= 0.6 is 0 Å². The third kappa shape index (κ3) is 3.37. The van der Waals surface area contributed by atoms with Crippen LogP contribution in [0.15, 0.2) is 66.7 Å². The van der Waals surface area contributed by atoms with Crippen LogP contribution in [0.2, 0.25) is 0 Å². The maximum Gasteiger partial charge on any atom is 0.256 e. The number of likely N-dealkylation sites (N-methyl/N-ethyl adjacent to an activating group) is 1. The van der Waals surface area contributed by atoms with Crippen LogP contribution in [0.4, 0.5) is 5.69 Å². The number of rotatable bonds is 3. The van der Waals surface area contributed by atoms with Crippen molar-refractivity contribution in [3.8, 4) is 0 Å². The van der Waals surface area contributed by atoms with E-state index in [9.17, 15) is 14.4 Å². The van der Waals surface area contributed by atoms with Gasteiger partial charge in [-0.3, -0.25) is 24.3 Å². The number of ketones is 2. The first-order valence-electron chi connectivity index (χ1n) is 11.8. The van der Waals surface area contributed by atoms with E-state index in [0.717, 1.165) is 41.7 Å². The highest BCUT2D eigenvalue weighted by Crippen LogP contribution is 2.34. The van der Waals surface area contributed by atoms with Gasteiger partial charge in [0.05, 0.1) is 22.3 Å². The highest BCUT2D eigenvalue weighted by Gasteiger charge is 2.32. The predicted octanol–water partition coefficient (Wildman–Crippen LogP) is 4.64. The molecule has 2 heterocycles. The second-order valence-electron chi connectivity index (χ2n) is 8.93. The van der Waals surface area contributed by atoms with Crippen LogP contribution in [0, 0.1) is 0 Å². The largest absolute Gasteiger partial charge is 0.321 e. The molecule has 0 fully saturated rings. The quantitative estimate of drug-likeness (QED) is 0.423. The van der Waals surface area contributed by atoms with Crippen molar-refractivity contribution < 1.29 is 14.4 Å². The first kappa shape index (κ1) is 21.4. The monoisotopic (exact) mass is 461 g/mol. The molecule has 0 atom stereocenters. The minimum Gasteiger partial charge on any atom is -0.321 e. The van der Waals surface area contributed by atoms with Crippen LogP contribution in [0.3, 0.4) is 0 Å². The molecule has 6 rings (SSSR count). The first-order valence-corrected chi connectivity index (χ1v) is 11.8. The third-order valence-electron chi connectivity index (χ3n) is 7.00. The van der Waals surface area contributed by atoms with Gasteiger partial charge in [-0.05, 0) is 18.7 Å². The van der Waals surface area contributed by atoms with E-state index in [1.807, 2.05) is 24.3 Å². The Kier molecular flexibility index (Phi) is 5.04. The third-order valence-corrected chi connectivity index (χ3v) is 7.00. The maximum absolute atomic E-state index is 13.9. The van der Waals surface area contributed by atoms with Gasteiger partial charge in [-0.15, -0.1) is 0 Å². The molecule has 1 amide bonds. The molecule has 1 aliphatic carbocycles. The molecule has 0 unspecified atom stereocenters. The van der Waals surface area contributed by atoms with Crippen LogP contribution in [-0.2, 0) is 13.0 Å². The van der Waals surface area contributed by atoms with Gasteiger partial charge in [0.15, 0.2) is 11.6 Å². The summed E-state index contributed by atoms with van der Waals surface area (Å²) in [5, 5.41) is 3.76. The van der Waals surface area contributed by atoms with Crippen molar-refractivity contribution in [3.05, 3.63) is 106 Å². The van der Waals surface area contributed by atoms with E-state index in [1.54, 1.807) is 42.5 Å². The van der Waals surface area contributed by atoms with Gasteiger partial charge in [0.2, 0.25) is 0 Å². The van der Waals surface area contributed by atoms with E-state index in [0.29, 0.717) is 34.5 Å². The fourth-order valence-corrected chi connectivity index (χ4v) is 5.21. The summed E-state index contributed by atoms with van der Waals surface area (Å²) in [6.45, 7) is 4.54. The highest BCUT2D eigenvalue weighted by atomic mass is 16.2. The zero-order chi connectivity index (χ0) is 24.1. The van der Waals surface area contributed by atoms with Gasteiger partial charge in [-0.25, -0.2) is 0 Å². The van der Waals surface area contributed by atoms with Gasteiger partial charge in [0.25, 0.3) is 5.91 Å². The second-order valence-corrected chi connectivity index (χ2v) is 8.93. The number of amides is 1. The van der Waals surface area contributed by atoms with Crippen LogP contribution in [0.5, 0.6) is 0 Å². The Morgan fingerprint density at radius 2 is 1.63 bits per heavy atom. The fourth-order valence-electron chi connectivity index (χ4n) is 5.21. The number of nitrogens with zero attached hydrogens (tertiary/aromatic N) is 2. The van der Waals surface area contributed by atoms with E-state index in [4.69, 9.17) is 4.98 Å². The Labute approximate surface area is 202 Å². The van der Waals surface area contributed by atoms with E-state index in [1.165, 1.54) is 0 Å². The number of aromatic nitrogens is 1. The fraction of sp³-hybridized carbons (Fsp3) is 0.172. The molecule has 0 radical (unpaired) electrons. The number of carbonyl (C=O) groups excluding carboxylic acids is 3. The van der Waals surface area contributed by atoms with Crippen LogP contribution < -0.4 is 5.32 Å². The average Bonchev–Trinajstić information content (AvgIpc) is 2.89. The lowest BCUT2D eigenvalue weighted by Crippen LogP contribution is -2.33. The van der Waals surface area contributed by atoms with Crippen molar-refractivity contribution in [2.45, 2.75) is 19.9 Å². The summed E-state index contributed by atoms with van der Waals surface area (Å²) in [5.74, 6) is -0.771. The van der Waals surface area contributed by atoms with Gasteiger partial charge in [0.1, 0.15) is 0 Å². The number of hydrogen-bond acceptors (Lipinski definition) is 5. The molecule has 0 saturated heterocycles. The standard InChI is InChI=1S/C29H23N3O3/c1-2-32-15-14-23-21(16-32)25(19-10-5-6-12-22(19)30-23)29(35)31-24-13-7-11-20-26(24)28(34)18-9-4-3-8-17(18)27(20)33/h3-13H,2,14-16H2,1H3,(H,31,35). The van der Waals surface area contributed by atoms with E-state index in [2.05, 4.69) is 17.1 Å². The predicted molar refractivity (Wildman–Crippen MR) is 134 cm³/mol. The van der Waals surface area contributed by atoms with Gasteiger partial charge >= 0.3 is 0 Å². The summed E-state index contributed by atoms with van der Waals surface area (Å²) in [5.41, 5.74) is 4.86. The molecule has 172 valence electrons. The van der Waals surface area contributed by atoms with Gasteiger partial charge in [-0.1, -0.05) is 61.5 Å². The van der Waals surface area contributed by atoms with E-state index < -0.39 is 0 Å². The number of anilines is 1. The lowest BCUT2D eigenvalue weighted by Gasteiger charge is -2.29. The molecule has 1 N–H and O–H groups in total. The number of nitrogens with one attached hydrogen (secondary N) is 1. The number of pyridine rings is 1. The molecular weight excluding hydrogens is 438 g/mol. The molecular formula is C29H23N3O3. The van der Waals surface area contributed by atoms with Crippen molar-refractivity contribution in [2.75, 3.05) is 18.4 Å². The Hall–Kier alpha value is -4.16. The van der Waals surface area contributed by atoms with Gasteiger partial charge < -0.3 is 5.32 Å². The molecule has 1 aliphatic heterocycles. The topological polar surface area (TPSA) is 79.4 Å². The van der Waals surface area contributed by atoms with Crippen LogP contribution in [0.1, 0.15) is 60.4 Å². The number of carbonyl (C=O) groups is 3. The molecule has 1 aromatic heterocycles. The summed E-state index contributed by atoms with van der Waals surface area (Å²) in [6.07, 6.45) is 0.777. The van der Waals surface area contributed by atoms with Crippen molar-refractivity contribution in [1.29, 1.82) is 0 Å². The summed E-state index contributed by atoms with van der Waals surface area (Å²) in [6, 6.07) is 19.5.